The number of thiazole rings is 1. The van der Waals surface area contributed by atoms with Gasteiger partial charge in [0.15, 0.2) is 5.13 Å². The number of aliphatic hydroxyl groups excluding tert-OH is 1. The number of ether oxygens (including phenoxy) is 2. The van der Waals surface area contributed by atoms with E-state index < -0.39 is 0 Å². The monoisotopic (exact) mass is 657 g/mol. The third-order valence-electron chi connectivity index (χ3n) is 8.35. The summed E-state index contributed by atoms with van der Waals surface area (Å²) in [5, 5.41) is 18.5. The minimum Gasteiger partial charge on any atom is -0.460 e. The smallest absolute Gasteiger partial charge is 0.316 e. The molecule has 3 saturated heterocycles. The van der Waals surface area contributed by atoms with Crippen LogP contribution in [0.2, 0.25) is 0 Å². The molecule has 242 valence electrons. The molecule has 3 aliphatic heterocycles. The lowest BCUT2D eigenvalue weighted by Gasteiger charge is -2.31. The van der Waals surface area contributed by atoms with Crippen LogP contribution >= 0.6 is 23.7 Å². The number of nitrogens with zero attached hydrogens (tertiary/aromatic N) is 5. The summed E-state index contributed by atoms with van der Waals surface area (Å²) in [6.07, 6.45) is 7.73. The zero-order valence-electron chi connectivity index (χ0n) is 25.1. The summed E-state index contributed by atoms with van der Waals surface area (Å²) in [5.74, 6) is -0.571. The molecular weight excluding hydrogens is 618 g/mol. The summed E-state index contributed by atoms with van der Waals surface area (Å²) >= 11 is 1.43. The van der Waals surface area contributed by atoms with Crippen LogP contribution in [0.1, 0.15) is 64.9 Å². The van der Waals surface area contributed by atoms with Gasteiger partial charge in [0.1, 0.15) is 11.8 Å². The SMILES string of the molecule is Cl.O=C(Nc1ccc(CN2CCC(O)CC2)cc1C(=O)NC1CCOCC1)c1csc(N2CCC(Oc3ncccn3)CC2)n1. The highest BCUT2D eigenvalue weighted by molar-refractivity contribution is 7.14. The highest BCUT2D eigenvalue weighted by atomic mass is 35.5. The van der Waals surface area contributed by atoms with Gasteiger partial charge in [-0.1, -0.05) is 6.07 Å². The Balaban J connectivity index is 0.00000400. The molecule has 5 heterocycles. The fraction of sp³-hybridized carbons (Fsp3) is 0.516. The Kier molecular flexibility index (Phi) is 11.6. The fourth-order valence-electron chi connectivity index (χ4n) is 5.79. The molecule has 2 aromatic heterocycles. The van der Waals surface area contributed by atoms with Gasteiger partial charge in [-0.15, -0.1) is 23.7 Å². The van der Waals surface area contributed by atoms with Gasteiger partial charge in [-0.25, -0.2) is 15.0 Å². The zero-order chi connectivity index (χ0) is 30.3. The van der Waals surface area contributed by atoms with Crippen LogP contribution in [0.5, 0.6) is 6.01 Å². The molecule has 3 aliphatic rings. The lowest BCUT2D eigenvalue weighted by atomic mass is 10.0. The predicted octanol–water partition coefficient (Wildman–Crippen LogP) is 3.52. The predicted molar refractivity (Wildman–Crippen MR) is 173 cm³/mol. The topological polar surface area (TPSA) is 142 Å². The molecule has 14 heteroatoms. The number of halogens is 1. The number of carbonyl (C=O) groups excluding carboxylic acids is 2. The lowest BCUT2D eigenvalue weighted by molar-refractivity contribution is 0.0696. The first-order chi connectivity index (χ1) is 21.5. The number of hydrogen-bond acceptors (Lipinski definition) is 11. The van der Waals surface area contributed by atoms with Gasteiger partial charge < -0.3 is 30.1 Å². The fourth-order valence-corrected chi connectivity index (χ4v) is 6.65. The van der Waals surface area contributed by atoms with Gasteiger partial charge in [0.05, 0.1) is 17.4 Å². The Morgan fingerprint density at radius 2 is 1.73 bits per heavy atom. The van der Waals surface area contributed by atoms with Crippen molar-refractivity contribution in [3.63, 3.8) is 0 Å². The molecule has 0 radical (unpaired) electrons. The molecule has 0 aliphatic carbocycles. The Hall–Kier alpha value is -3.36. The molecule has 6 rings (SSSR count). The van der Waals surface area contributed by atoms with Gasteiger partial charge >= 0.3 is 6.01 Å². The van der Waals surface area contributed by atoms with E-state index in [0.717, 1.165) is 75.4 Å². The Labute approximate surface area is 273 Å². The number of hydrogen-bond donors (Lipinski definition) is 3. The van der Waals surface area contributed by atoms with Gasteiger partial charge in [-0.2, -0.15) is 0 Å². The number of aromatic nitrogens is 3. The second-order valence-corrected chi connectivity index (χ2v) is 12.4. The molecule has 1 aromatic carbocycles. The number of aliphatic hydroxyl groups is 1. The number of carbonyl (C=O) groups is 2. The normalized spacial score (nSPS) is 18.6. The summed E-state index contributed by atoms with van der Waals surface area (Å²) in [4.78, 5) is 44.2. The molecule has 2 amide bonds. The lowest BCUT2D eigenvalue weighted by Crippen LogP contribution is -2.39. The van der Waals surface area contributed by atoms with Gasteiger partial charge in [0, 0.05) is 82.6 Å². The maximum Gasteiger partial charge on any atom is 0.316 e. The summed E-state index contributed by atoms with van der Waals surface area (Å²) in [5.41, 5.74) is 2.18. The van der Waals surface area contributed by atoms with Crippen molar-refractivity contribution in [1.29, 1.82) is 0 Å². The quantitative estimate of drug-likeness (QED) is 0.313. The average molecular weight is 658 g/mol. The van der Waals surface area contributed by atoms with Crippen LogP contribution in [0.25, 0.3) is 0 Å². The second-order valence-electron chi connectivity index (χ2n) is 11.6. The first-order valence-electron chi connectivity index (χ1n) is 15.4. The molecule has 0 atom stereocenters. The highest BCUT2D eigenvalue weighted by Gasteiger charge is 2.26. The second kappa shape index (κ2) is 15.8. The van der Waals surface area contributed by atoms with Gasteiger partial charge in [0.2, 0.25) is 0 Å². The van der Waals surface area contributed by atoms with Crippen molar-refractivity contribution in [1.82, 2.24) is 25.2 Å². The van der Waals surface area contributed by atoms with E-state index in [-0.39, 0.29) is 42.5 Å². The van der Waals surface area contributed by atoms with E-state index in [2.05, 4.69) is 35.4 Å². The van der Waals surface area contributed by atoms with Crippen molar-refractivity contribution in [3.8, 4) is 6.01 Å². The van der Waals surface area contributed by atoms with Crippen molar-refractivity contribution in [2.45, 2.75) is 63.3 Å². The summed E-state index contributed by atoms with van der Waals surface area (Å²) in [6.45, 7) is 5.03. The summed E-state index contributed by atoms with van der Waals surface area (Å²) in [6, 6.07) is 7.80. The van der Waals surface area contributed by atoms with E-state index in [4.69, 9.17) is 9.47 Å². The summed E-state index contributed by atoms with van der Waals surface area (Å²) in [7, 11) is 0. The molecular formula is C31H40ClN7O5S. The van der Waals surface area contributed by atoms with Crippen LogP contribution < -0.4 is 20.3 Å². The van der Waals surface area contributed by atoms with Crippen molar-refractivity contribution in [2.24, 2.45) is 0 Å². The Bertz CT molecular complexity index is 1410. The first kappa shape index (κ1) is 33.0. The molecule has 0 unspecified atom stereocenters. The molecule has 3 N–H and O–H groups in total. The standard InChI is InChI=1S/C31H39N7O5S.ClH/c39-23-4-12-37(13-5-23)19-21-2-3-26(25(18-21)28(40)34-22-8-16-42-17-9-22)35-29(41)27-20-44-31(36-27)38-14-6-24(7-15-38)43-30-32-10-1-11-33-30;/h1-3,10-11,18,20,22-24,39H,4-9,12-17,19H2,(H,34,40)(H,35,41);1H. The first-order valence-corrected chi connectivity index (χ1v) is 16.3. The molecule has 3 aromatic rings. The molecule has 12 nitrogen and oxygen atoms in total. The molecule has 45 heavy (non-hydrogen) atoms. The van der Waals surface area contributed by atoms with Crippen molar-refractivity contribution in [3.05, 3.63) is 58.9 Å². The number of anilines is 2. The average Bonchev–Trinajstić information content (AvgIpc) is 3.55. The molecule has 0 saturated carbocycles. The molecule has 0 spiro atoms. The minimum absolute atomic E-state index is 0. The largest absolute Gasteiger partial charge is 0.460 e. The Morgan fingerprint density at radius 1 is 1.00 bits per heavy atom. The van der Waals surface area contributed by atoms with Gasteiger partial charge in [-0.05, 0) is 49.4 Å². The highest BCUT2D eigenvalue weighted by Crippen LogP contribution is 2.27. The van der Waals surface area contributed by atoms with E-state index in [1.807, 2.05) is 12.1 Å². The van der Waals surface area contributed by atoms with Crippen molar-refractivity contribution >= 4 is 46.4 Å². The van der Waals surface area contributed by atoms with Crippen LogP contribution in [0.4, 0.5) is 10.8 Å². The van der Waals surface area contributed by atoms with Crippen LogP contribution in [-0.4, -0.2) is 94.4 Å². The van der Waals surface area contributed by atoms with Crippen LogP contribution in [-0.2, 0) is 11.3 Å². The molecule has 3 fully saturated rings. The third-order valence-corrected chi connectivity index (χ3v) is 9.25. The van der Waals surface area contributed by atoms with Crippen molar-refractivity contribution < 1.29 is 24.2 Å². The summed E-state index contributed by atoms with van der Waals surface area (Å²) < 4.78 is 11.3. The zero-order valence-corrected chi connectivity index (χ0v) is 26.7. The third kappa shape index (κ3) is 8.88. The Morgan fingerprint density at radius 3 is 2.47 bits per heavy atom. The number of rotatable bonds is 9. The molecule has 0 bridgehead atoms. The number of piperidine rings is 2. The van der Waals surface area contributed by atoms with E-state index in [9.17, 15) is 14.7 Å². The van der Waals surface area contributed by atoms with E-state index >= 15 is 0 Å². The van der Waals surface area contributed by atoms with E-state index in [1.54, 1.807) is 29.9 Å². The van der Waals surface area contributed by atoms with Crippen LogP contribution in [0.15, 0.2) is 42.0 Å². The van der Waals surface area contributed by atoms with Gasteiger partial charge in [0.25, 0.3) is 11.8 Å². The van der Waals surface area contributed by atoms with Crippen LogP contribution in [0.3, 0.4) is 0 Å². The maximum absolute atomic E-state index is 13.5. The number of amides is 2. The minimum atomic E-state index is -0.357. The van der Waals surface area contributed by atoms with Crippen molar-refractivity contribution in [2.75, 3.05) is 49.6 Å². The number of likely N-dealkylation sites (tertiary alicyclic amines) is 1. The van der Waals surface area contributed by atoms with Crippen LogP contribution in [0, 0.1) is 0 Å². The number of nitrogens with one attached hydrogen (secondary N) is 2. The maximum atomic E-state index is 13.5. The number of benzene rings is 1. The van der Waals surface area contributed by atoms with E-state index in [0.29, 0.717) is 42.7 Å². The van der Waals surface area contributed by atoms with Gasteiger partial charge in [-0.3, -0.25) is 14.5 Å². The van der Waals surface area contributed by atoms with E-state index in [1.165, 1.54) is 11.3 Å².